The van der Waals surface area contributed by atoms with Gasteiger partial charge in [0.05, 0.1) is 4.90 Å². The molecule has 0 fully saturated rings. The Morgan fingerprint density at radius 1 is 1.10 bits per heavy atom. The largest absolute Gasteiger partial charge is 0.317 e. The molecule has 21 heavy (non-hydrogen) atoms. The maximum atomic E-state index is 12.1. The van der Waals surface area contributed by atoms with Crippen LogP contribution in [0.15, 0.2) is 29.2 Å². The lowest BCUT2D eigenvalue weighted by molar-refractivity contribution is 0.556. The van der Waals surface area contributed by atoms with Crippen LogP contribution in [-0.2, 0) is 16.4 Å². The minimum atomic E-state index is -3.38. The Morgan fingerprint density at radius 2 is 1.76 bits per heavy atom. The van der Waals surface area contributed by atoms with Crippen molar-refractivity contribution in [2.45, 2.75) is 57.4 Å². The van der Waals surface area contributed by atoms with Crippen molar-refractivity contribution >= 4 is 10.0 Å². The predicted molar refractivity (Wildman–Crippen MR) is 88.0 cm³/mol. The van der Waals surface area contributed by atoms with Crippen LogP contribution in [0.25, 0.3) is 0 Å². The van der Waals surface area contributed by atoms with Crippen LogP contribution in [0.1, 0.15) is 45.6 Å². The van der Waals surface area contributed by atoms with Crippen molar-refractivity contribution in [2.75, 3.05) is 13.1 Å². The van der Waals surface area contributed by atoms with Gasteiger partial charge in [0, 0.05) is 6.04 Å². The van der Waals surface area contributed by atoms with E-state index in [1.807, 2.05) is 26.0 Å². The molecule has 0 saturated heterocycles. The fourth-order valence-electron chi connectivity index (χ4n) is 1.97. The molecule has 1 unspecified atom stereocenters. The summed E-state index contributed by atoms with van der Waals surface area (Å²) in [6, 6.07) is 7.16. The Balaban J connectivity index is 2.53. The summed E-state index contributed by atoms with van der Waals surface area (Å²) in [5, 5.41) is 3.36. The third kappa shape index (κ3) is 6.59. The number of sulfonamides is 1. The maximum absolute atomic E-state index is 12.1. The minimum Gasteiger partial charge on any atom is -0.317 e. The van der Waals surface area contributed by atoms with Crippen molar-refractivity contribution in [3.8, 4) is 0 Å². The molecule has 0 saturated carbocycles. The monoisotopic (exact) mass is 312 g/mol. The molecular formula is C16H28N2O2S. The van der Waals surface area contributed by atoms with Gasteiger partial charge in [-0.1, -0.05) is 26.0 Å². The Bertz CT molecular complexity index is 498. The van der Waals surface area contributed by atoms with Crippen molar-refractivity contribution < 1.29 is 8.42 Å². The summed E-state index contributed by atoms with van der Waals surface area (Å²) in [6.07, 6.45) is 3.96. The number of rotatable bonds is 10. The molecule has 0 bridgehead atoms. The first kappa shape index (κ1) is 18.1. The predicted octanol–water partition coefficient (Wildman–Crippen LogP) is 2.70. The summed E-state index contributed by atoms with van der Waals surface area (Å²) in [5.74, 6) is 0. The summed E-state index contributed by atoms with van der Waals surface area (Å²) in [4.78, 5) is 0.343. The lowest BCUT2D eigenvalue weighted by atomic mass is 10.1. The van der Waals surface area contributed by atoms with E-state index in [0.717, 1.165) is 38.8 Å². The Morgan fingerprint density at radius 3 is 2.33 bits per heavy atom. The van der Waals surface area contributed by atoms with Gasteiger partial charge in [-0.15, -0.1) is 0 Å². The van der Waals surface area contributed by atoms with Gasteiger partial charge in [0.15, 0.2) is 0 Å². The smallest absolute Gasteiger partial charge is 0.240 e. The van der Waals surface area contributed by atoms with Crippen molar-refractivity contribution in [1.29, 1.82) is 0 Å². The SMILES string of the molecule is CCCNCCCc1ccc(S(=O)(=O)NC(C)CC)cc1. The highest BCUT2D eigenvalue weighted by Crippen LogP contribution is 2.12. The van der Waals surface area contributed by atoms with Crippen LogP contribution < -0.4 is 10.0 Å². The zero-order chi connectivity index (χ0) is 15.7. The molecule has 0 aliphatic heterocycles. The molecule has 0 aromatic heterocycles. The number of nitrogens with one attached hydrogen (secondary N) is 2. The molecule has 0 heterocycles. The third-order valence-electron chi connectivity index (χ3n) is 3.45. The van der Waals surface area contributed by atoms with Crippen LogP contribution in [0, 0.1) is 0 Å². The second kappa shape index (κ2) is 9.18. The van der Waals surface area contributed by atoms with Crippen LogP contribution in [0.5, 0.6) is 0 Å². The highest BCUT2D eigenvalue weighted by atomic mass is 32.2. The van der Waals surface area contributed by atoms with Crippen molar-refractivity contribution in [1.82, 2.24) is 10.0 Å². The van der Waals surface area contributed by atoms with Crippen LogP contribution in [0.4, 0.5) is 0 Å². The van der Waals surface area contributed by atoms with E-state index in [1.54, 1.807) is 12.1 Å². The van der Waals surface area contributed by atoms with Gasteiger partial charge in [0.1, 0.15) is 0 Å². The zero-order valence-electron chi connectivity index (χ0n) is 13.4. The van der Waals surface area contributed by atoms with Gasteiger partial charge in [0.25, 0.3) is 0 Å². The second-order valence-electron chi connectivity index (χ2n) is 5.43. The molecule has 1 atom stereocenters. The van der Waals surface area contributed by atoms with Gasteiger partial charge in [-0.05, 0) is 63.4 Å². The van der Waals surface area contributed by atoms with E-state index in [4.69, 9.17) is 0 Å². The Kier molecular flexibility index (Phi) is 7.93. The summed E-state index contributed by atoms with van der Waals surface area (Å²) >= 11 is 0. The van der Waals surface area contributed by atoms with Gasteiger partial charge in [-0.2, -0.15) is 0 Å². The van der Waals surface area contributed by atoms with Crippen molar-refractivity contribution in [3.63, 3.8) is 0 Å². The van der Waals surface area contributed by atoms with Crippen LogP contribution in [0.2, 0.25) is 0 Å². The van der Waals surface area contributed by atoms with Gasteiger partial charge in [0.2, 0.25) is 10.0 Å². The maximum Gasteiger partial charge on any atom is 0.240 e. The Hall–Kier alpha value is -0.910. The van der Waals surface area contributed by atoms with E-state index < -0.39 is 10.0 Å². The van der Waals surface area contributed by atoms with Gasteiger partial charge < -0.3 is 5.32 Å². The first-order valence-electron chi connectivity index (χ1n) is 7.81. The summed E-state index contributed by atoms with van der Waals surface area (Å²) < 4.78 is 26.9. The van der Waals surface area contributed by atoms with Gasteiger partial charge >= 0.3 is 0 Å². The third-order valence-corrected chi connectivity index (χ3v) is 5.05. The highest BCUT2D eigenvalue weighted by molar-refractivity contribution is 7.89. The quantitative estimate of drug-likeness (QED) is 0.653. The molecule has 120 valence electrons. The standard InChI is InChI=1S/C16H28N2O2S/c1-4-12-17-13-6-7-15-8-10-16(11-9-15)21(19,20)18-14(3)5-2/h8-11,14,17-18H,4-7,12-13H2,1-3H3. The van der Waals surface area contributed by atoms with E-state index in [9.17, 15) is 8.42 Å². The minimum absolute atomic E-state index is 0.0423. The molecule has 1 aromatic carbocycles. The lowest BCUT2D eigenvalue weighted by Gasteiger charge is -2.12. The zero-order valence-corrected chi connectivity index (χ0v) is 14.2. The molecule has 0 aliphatic carbocycles. The van der Waals surface area contributed by atoms with Crippen molar-refractivity contribution in [3.05, 3.63) is 29.8 Å². The number of hydrogen-bond acceptors (Lipinski definition) is 3. The fourth-order valence-corrected chi connectivity index (χ4v) is 3.30. The van der Waals surface area contributed by atoms with Crippen molar-refractivity contribution in [2.24, 2.45) is 0 Å². The van der Waals surface area contributed by atoms with Crippen LogP contribution >= 0.6 is 0 Å². The van der Waals surface area contributed by atoms with E-state index in [2.05, 4.69) is 17.0 Å². The molecule has 0 amide bonds. The van der Waals surface area contributed by atoms with Crippen LogP contribution in [0.3, 0.4) is 0 Å². The molecule has 1 rings (SSSR count). The summed E-state index contributed by atoms with van der Waals surface area (Å²) in [7, 11) is -3.38. The molecule has 5 heteroatoms. The van der Waals surface area contributed by atoms with Gasteiger partial charge in [-0.25, -0.2) is 13.1 Å². The summed E-state index contributed by atoms with van der Waals surface area (Å²) in [5.41, 5.74) is 1.18. The van der Waals surface area contributed by atoms with E-state index in [-0.39, 0.29) is 6.04 Å². The molecule has 0 aliphatic rings. The van der Waals surface area contributed by atoms with E-state index in [1.165, 1.54) is 5.56 Å². The number of hydrogen-bond donors (Lipinski definition) is 2. The molecule has 0 spiro atoms. The molecule has 1 aromatic rings. The number of aryl methyl sites for hydroxylation is 1. The van der Waals surface area contributed by atoms with E-state index >= 15 is 0 Å². The topological polar surface area (TPSA) is 58.2 Å². The molecular weight excluding hydrogens is 284 g/mol. The average Bonchev–Trinajstić information content (AvgIpc) is 2.47. The summed E-state index contributed by atoms with van der Waals surface area (Å²) in [6.45, 7) is 8.04. The average molecular weight is 312 g/mol. The second-order valence-corrected chi connectivity index (χ2v) is 7.14. The lowest BCUT2D eigenvalue weighted by Crippen LogP contribution is -2.31. The van der Waals surface area contributed by atoms with Crippen LogP contribution in [-0.4, -0.2) is 27.5 Å². The first-order valence-corrected chi connectivity index (χ1v) is 9.30. The normalized spacial score (nSPS) is 13.3. The van der Waals surface area contributed by atoms with Gasteiger partial charge in [-0.3, -0.25) is 0 Å². The van der Waals surface area contributed by atoms with E-state index in [0.29, 0.717) is 4.90 Å². The molecule has 4 nitrogen and oxygen atoms in total. The first-order chi connectivity index (χ1) is 9.99. The fraction of sp³-hybridized carbons (Fsp3) is 0.625. The highest BCUT2D eigenvalue weighted by Gasteiger charge is 2.15. The number of benzene rings is 1. The Labute approximate surface area is 129 Å². The molecule has 0 radical (unpaired) electrons. The molecule has 2 N–H and O–H groups in total.